The van der Waals surface area contributed by atoms with Gasteiger partial charge in [0.2, 0.25) is 0 Å². The van der Waals surface area contributed by atoms with Gasteiger partial charge in [-0.15, -0.1) is 0 Å². The number of benzene rings is 1. The zero-order valence-electron chi connectivity index (χ0n) is 16.6. The summed E-state index contributed by atoms with van der Waals surface area (Å²) in [6.45, 7) is -0.437. The lowest BCUT2D eigenvalue weighted by atomic mass is 10.0. The second-order valence-corrected chi connectivity index (χ2v) is 7.82. The Hall–Kier alpha value is -2.70. The zero-order chi connectivity index (χ0) is 24.2. The molecule has 2 aromatic rings. The summed E-state index contributed by atoms with van der Waals surface area (Å²) in [6, 6.07) is 5.59. The van der Waals surface area contributed by atoms with E-state index in [1.54, 1.807) is 0 Å². The smallest absolute Gasteiger partial charge is 0.435 e. The van der Waals surface area contributed by atoms with E-state index in [2.05, 4.69) is 9.84 Å². The topological polar surface area (TPSA) is 53.3 Å². The molecule has 0 saturated carbocycles. The highest BCUT2D eigenvalue weighted by Gasteiger charge is 2.58. The van der Waals surface area contributed by atoms with Crippen molar-refractivity contribution in [2.75, 3.05) is 6.61 Å². The lowest BCUT2D eigenvalue weighted by Crippen LogP contribution is -2.39. The summed E-state index contributed by atoms with van der Waals surface area (Å²) in [5.41, 5.74) is -3.51. The normalized spacial score (nSPS) is 25.0. The molecule has 1 aromatic heterocycles. The summed E-state index contributed by atoms with van der Waals surface area (Å²) in [6.07, 6.45) is -17.1. The van der Waals surface area contributed by atoms with Gasteiger partial charge in [-0.1, -0.05) is 18.2 Å². The monoisotopic (exact) mass is 484 g/mol. The SMILES string of the molecule is O=C(O[C@H]1c2c(C(F)(F)F)nn([C@@H]3CCO[C@@H](C(F)(F)F)C3)c2CC1(F)F)c1ccccc1. The number of esters is 1. The number of hydrogen-bond acceptors (Lipinski definition) is 4. The molecule has 4 rings (SSSR count). The van der Waals surface area contributed by atoms with Gasteiger partial charge in [0.15, 0.2) is 17.9 Å². The third-order valence-electron chi connectivity index (χ3n) is 5.57. The molecule has 2 heterocycles. The van der Waals surface area contributed by atoms with Gasteiger partial charge in [0.1, 0.15) is 0 Å². The first-order chi connectivity index (χ1) is 15.3. The van der Waals surface area contributed by atoms with Crippen LogP contribution in [-0.4, -0.2) is 40.6 Å². The number of nitrogens with zero attached hydrogens (tertiary/aromatic N) is 2. The Morgan fingerprint density at radius 2 is 1.79 bits per heavy atom. The molecule has 180 valence electrons. The molecule has 0 bridgehead atoms. The number of carbonyl (C=O) groups excluding carboxylic acids is 1. The Labute approximate surface area is 181 Å². The van der Waals surface area contributed by atoms with Crippen molar-refractivity contribution < 1.29 is 49.4 Å². The third-order valence-corrected chi connectivity index (χ3v) is 5.57. The molecule has 2 aliphatic rings. The van der Waals surface area contributed by atoms with Gasteiger partial charge in [0.25, 0.3) is 5.92 Å². The fourth-order valence-corrected chi connectivity index (χ4v) is 4.10. The Balaban J connectivity index is 1.74. The van der Waals surface area contributed by atoms with E-state index in [0.29, 0.717) is 4.68 Å². The van der Waals surface area contributed by atoms with E-state index in [1.807, 2.05) is 0 Å². The van der Waals surface area contributed by atoms with Gasteiger partial charge in [-0.05, 0) is 18.6 Å². The van der Waals surface area contributed by atoms with Crippen molar-refractivity contribution >= 4 is 5.97 Å². The molecule has 0 spiro atoms. The highest BCUT2D eigenvalue weighted by molar-refractivity contribution is 5.89. The maximum absolute atomic E-state index is 14.8. The lowest BCUT2D eigenvalue weighted by Gasteiger charge is -2.31. The Morgan fingerprint density at radius 3 is 2.39 bits per heavy atom. The minimum absolute atomic E-state index is 0.153. The molecule has 0 amide bonds. The van der Waals surface area contributed by atoms with Crippen molar-refractivity contribution in [1.82, 2.24) is 9.78 Å². The molecule has 0 radical (unpaired) electrons. The molecule has 33 heavy (non-hydrogen) atoms. The van der Waals surface area contributed by atoms with Crippen LogP contribution in [0.2, 0.25) is 0 Å². The minimum atomic E-state index is -5.21. The molecule has 1 aliphatic heterocycles. The maximum Gasteiger partial charge on any atom is 0.435 e. The second-order valence-electron chi connectivity index (χ2n) is 7.82. The Kier molecular flexibility index (Phi) is 5.66. The van der Waals surface area contributed by atoms with E-state index in [9.17, 15) is 39.9 Å². The van der Waals surface area contributed by atoms with E-state index < -0.39 is 78.9 Å². The first-order valence-corrected chi connectivity index (χ1v) is 9.79. The fraction of sp³-hybridized carbons (Fsp3) is 0.500. The molecular formula is C20H16F8N2O3. The van der Waals surface area contributed by atoms with Crippen molar-refractivity contribution in [2.24, 2.45) is 0 Å². The average Bonchev–Trinajstić information content (AvgIpc) is 3.21. The average molecular weight is 484 g/mol. The number of hydrogen-bond donors (Lipinski definition) is 0. The van der Waals surface area contributed by atoms with Gasteiger partial charge in [-0.25, -0.2) is 13.6 Å². The van der Waals surface area contributed by atoms with Crippen molar-refractivity contribution in [2.45, 2.75) is 55.8 Å². The van der Waals surface area contributed by atoms with Crippen LogP contribution in [0.15, 0.2) is 30.3 Å². The number of fused-ring (bicyclic) bond motifs is 1. The number of aromatic nitrogens is 2. The number of alkyl halides is 8. The van der Waals surface area contributed by atoms with E-state index in [1.165, 1.54) is 30.3 Å². The van der Waals surface area contributed by atoms with E-state index in [0.717, 1.165) is 0 Å². The minimum Gasteiger partial charge on any atom is -0.447 e. The Morgan fingerprint density at radius 1 is 1.12 bits per heavy atom. The fourth-order valence-electron chi connectivity index (χ4n) is 4.10. The standard InChI is InChI=1S/C20H16F8N2O3/c21-18(22)9-12-14(16(18)33-17(31)10-4-2-1-3-5-10)15(20(26,27)28)29-30(12)11-6-7-32-13(8-11)19(23,24)25/h1-5,11,13,16H,6-9H2/t11-,13-,16+/m1/s1. The summed E-state index contributed by atoms with van der Waals surface area (Å²) in [5.74, 6) is -5.19. The summed E-state index contributed by atoms with van der Waals surface area (Å²) in [5, 5.41) is 3.38. The van der Waals surface area contributed by atoms with Crippen LogP contribution in [-0.2, 0) is 22.1 Å². The number of ether oxygens (including phenoxy) is 2. The van der Waals surface area contributed by atoms with Gasteiger partial charge < -0.3 is 9.47 Å². The molecule has 1 aromatic carbocycles. The van der Waals surface area contributed by atoms with Crippen molar-refractivity contribution in [3.8, 4) is 0 Å². The van der Waals surface area contributed by atoms with Crippen molar-refractivity contribution in [3.63, 3.8) is 0 Å². The summed E-state index contributed by atoms with van der Waals surface area (Å²) >= 11 is 0. The molecule has 5 nitrogen and oxygen atoms in total. The molecule has 0 unspecified atom stereocenters. The van der Waals surface area contributed by atoms with Crippen LogP contribution < -0.4 is 0 Å². The molecule has 1 fully saturated rings. The summed E-state index contributed by atoms with van der Waals surface area (Å²) in [7, 11) is 0. The summed E-state index contributed by atoms with van der Waals surface area (Å²) in [4.78, 5) is 12.3. The van der Waals surface area contributed by atoms with Crippen LogP contribution in [0.1, 0.15) is 52.3 Å². The van der Waals surface area contributed by atoms with E-state index >= 15 is 0 Å². The molecule has 3 atom stereocenters. The van der Waals surface area contributed by atoms with Gasteiger partial charge in [-0.3, -0.25) is 4.68 Å². The molecule has 1 aliphatic carbocycles. The van der Waals surface area contributed by atoms with Crippen molar-refractivity contribution in [3.05, 3.63) is 52.8 Å². The van der Waals surface area contributed by atoms with Gasteiger partial charge >= 0.3 is 18.3 Å². The van der Waals surface area contributed by atoms with Crippen LogP contribution in [0.4, 0.5) is 35.1 Å². The largest absolute Gasteiger partial charge is 0.447 e. The van der Waals surface area contributed by atoms with Crippen LogP contribution in [0.5, 0.6) is 0 Å². The maximum atomic E-state index is 14.8. The predicted octanol–water partition coefficient (Wildman–Crippen LogP) is 5.27. The van der Waals surface area contributed by atoms with E-state index in [-0.39, 0.29) is 12.0 Å². The summed E-state index contributed by atoms with van der Waals surface area (Å²) < 4.78 is 120. The van der Waals surface area contributed by atoms with Gasteiger partial charge in [-0.2, -0.15) is 31.4 Å². The quantitative estimate of drug-likeness (QED) is 0.440. The number of carbonyl (C=O) groups is 1. The zero-order valence-corrected chi connectivity index (χ0v) is 16.6. The number of halogens is 8. The van der Waals surface area contributed by atoms with Gasteiger partial charge in [0, 0.05) is 13.0 Å². The highest BCUT2D eigenvalue weighted by atomic mass is 19.4. The van der Waals surface area contributed by atoms with Crippen LogP contribution >= 0.6 is 0 Å². The lowest BCUT2D eigenvalue weighted by molar-refractivity contribution is -0.235. The molecule has 1 saturated heterocycles. The Bertz CT molecular complexity index is 1030. The third kappa shape index (κ3) is 4.42. The highest BCUT2D eigenvalue weighted by Crippen LogP contribution is 2.51. The second kappa shape index (κ2) is 7.96. The first-order valence-electron chi connectivity index (χ1n) is 9.79. The predicted molar refractivity (Wildman–Crippen MR) is 94.5 cm³/mol. The first kappa shape index (κ1) is 23.5. The molecule has 0 N–H and O–H groups in total. The van der Waals surface area contributed by atoms with Crippen LogP contribution in [0, 0.1) is 0 Å². The van der Waals surface area contributed by atoms with E-state index in [4.69, 9.17) is 4.74 Å². The molecular weight excluding hydrogens is 468 g/mol. The van der Waals surface area contributed by atoms with Gasteiger partial charge in [0.05, 0.1) is 29.3 Å². The van der Waals surface area contributed by atoms with Crippen molar-refractivity contribution in [1.29, 1.82) is 0 Å². The molecule has 13 heteroatoms. The van der Waals surface area contributed by atoms with Crippen LogP contribution in [0.25, 0.3) is 0 Å². The number of rotatable bonds is 3. The van der Waals surface area contributed by atoms with Crippen LogP contribution in [0.3, 0.4) is 0 Å².